The maximum absolute atomic E-state index is 16.2. The van der Waals surface area contributed by atoms with E-state index >= 15 is 4.39 Å². The molecule has 0 radical (unpaired) electrons. The minimum atomic E-state index is -0.647. The molecule has 2 aliphatic heterocycles. The van der Waals surface area contributed by atoms with Crippen molar-refractivity contribution in [3.8, 4) is 6.07 Å². The van der Waals surface area contributed by atoms with E-state index in [-0.39, 0.29) is 56.8 Å². The minimum absolute atomic E-state index is 0.0382. The first-order chi connectivity index (χ1) is 22.9. The first kappa shape index (κ1) is 42.6. The normalized spacial score (nSPS) is 16.4. The van der Waals surface area contributed by atoms with Crippen LogP contribution in [0.5, 0.6) is 0 Å². The number of thiophene rings is 1. The molecule has 2 aromatic heterocycles. The quantitative estimate of drug-likeness (QED) is 0.266. The van der Waals surface area contributed by atoms with Crippen LogP contribution in [-0.2, 0) is 18.0 Å². The number of ether oxygens (including phenoxy) is 1. The van der Waals surface area contributed by atoms with Crippen molar-refractivity contribution in [2.75, 3.05) is 23.7 Å². The molecule has 4 heterocycles. The van der Waals surface area contributed by atoms with Crippen LogP contribution in [0.25, 0.3) is 22.3 Å². The van der Waals surface area contributed by atoms with Crippen LogP contribution in [0.15, 0.2) is 18.9 Å². The fourth-order valence-electron chi connectivity index (χ4n) is 4.76. The summed E-state index contributed by atoms with van der Waals surface area (Å²) in [6.07, 6.45) is 6.26. The van der Waals surface area contributed by atoms with Crippen molar-refractivity contribution < 1.29 is 18.6 Å². The SMILES string of the molecule is C=C(c1c(/C(F)=C\C)sc(N)c1C#N)c1c2c(c3cnc(N4CC(C)C(O)C4)nc3c1F)COC2.CC.CC.CCC(C)C.CCCC. The summed E-state index contributed by atoms with van der Waals surface area (Å²) in [6.45, 7) is 27.8. The number of unbranched alkanes of at least 4 members (excludes halogenated alkanes) is 1. The molecule has 48 heavy (non-hydrogen) atoms. The zero-order valence-electron chi connectivity index (χ0n) is 30.9. The number of benzene rings is 1. The standard InChI is InChI=1S/C25H23F2N5O2S.C5H12.C4H10.2C2H6/c1-4-17(26)23-20(13(5-28)24(29)35-23)12(3)19-16-10-34-9-15(16)14-6-30-25(31-22(14)21(19)27)32-7-11(2)18(33)8-32;1-4-5(2)3;1-3-4-2;2*1-2/h4,6,11,18,33H,3,7-10,29H2,1-2H3;5H,4H2,1-3H3;3-4H2,1-2H3;2*1-2H3/b17-4+;;;;. The largest absolute Gasteiger partial charge is 0.391 e. The lowest BCUT2D eigenvalue weighted by Gasteiger charge is -2.19. The Bertz CT molecular complexity index is 1550. The van der Waals surface area contributed by atoms with Gasteiger partial charge in [-0.3, -0.25) is 0 Å². The Balaban J connectivity index is 0.000000769. The Hall–Kier alpha value is -3.39. The topological polar surface area (TPSA) is 108 Å². The zero-order chi connectivity index (χ0) is 36.7. The molecule has 2 aliphatic rings. The Labute approximate surface area is 291 Å². The summed E-state index contributed by atoms with van der Waals surface area (Å²) in [7, 11) is 0. The van der Waals surface area contributed by atoms with Crippen molar-refractivity contribution in [1.29, 1.82) is 5.26 Å². The average Bonchev–Trinajstić information content (AvgIpc) is 3.82. The maximum Gasteiger partial charge on any atom is 0.226 e. The fourth-order valence-corrected chi connectivity index (χ4v) is 5.77. The van der Waals surface area contributed by atoms with Crippen LogP contribution < -0.4 is 10.6 Å². The van der Waals surface area contributed by atoms with Crippen molar-refractivity contribution in [2.24, 2.45) is 11.8 Å². The van der Waals surface area contributed by atoms with Crippen LogP contribution in [0, 0.1) is 29.0 Å². The van der Waals surface area contributed by atoms with E-state index in [0.717, 1.165) is 22.8 Å². The molecule has 2 unspecified atom stereocenters. The first-order valence-electron chi connectivity index (χ1n) is 17.3. The van der Waals surface area contributed by atoms with E-state index in [9.17, 15) is 14.8 Å². The number of rotatable bonds is 6. The summed E-state index contributed by atoms with van der Waals surface area (Å²) in [5.41, 5.74) is 7.90. The van der Waals surface area contributed by atoms with E-state index in [4.69, 9.17) is 10.5 Å². The molecule has 0 aliphatic carbocycles. The van der Waals surface area contributed by atoms with E-state index in [1.807, 2.05) is 45.6 Å². The van der Waals surface area contributed by atoms with E-state index in [0.29, 0.717) is 30.0 Å². The van der Waals surface area contributed by atoms with Gasteiger partial charge in [-0.1, -0.05) is 101 Å². The van der Waals surface area contributed by atoms with E-state index in [2.05, 4.69) is 51.2 Å². The summed E-state index contributed by atoms with van der Waals surface area (Å²) < 4.78 is 36.6. The number of hydrogen-bond donors (Lipinski definition) is 2. The highest BCUT2D eigenvalue weighted by atomic mass is 32.1. The summed E-state index contributed by atoms with van der Waals surface area (Å²) in [5.74, 6) is 0.0191. The van der Waals surface area contributed by atoms with Gasteiger partial charge in [0.1, 0.15) is 22.4 Å². The van der Waals surface area contributed by atoms with Gasteiger partial charge in [-0.25, -0.2) is 18.7 Å². The number of aliphatic hydroxyl groups is 1. The number of aliphatic hydroxyl groups excluding tert-OH is 1. The summed E-state index contributed by atoms with van der Waals surface area (Å²) >= 11 is 0.925. The predicted octanol–water partition coefficient (Wildman–Crippen LogP) is 10.4. The number of β-amino-alcohol motifs (C(OH)–C–C–N with tert-alkyl or cyclic N) is 1. The molecule has 1 fully saturated rings. The molecule has 5 rings (SSSR count). The molecule has 1 saturated heterocycles. The van der Waals surface area contributed by atoms with Crippen LogP contribution in [0.3, 0.4) is 0 Å². The number of halogens is 2. The summed E-state index contributed by atoms with van der Waals surface area (Å²) in [6, 6.07) is 2.01. The molecule has 0 saturated carbocycles. The zero-order valence-corrected chi connectivity index (χ0v) is 31.7. The van der Waals surface area contributed by atoms with E-state index in [1.165, 1.54) is 32.3 Å². The van der Waals surface area contributed by atoms with Crippen molar-refractivity contribution in [2.45, 2.75) is 115 Å². The molecule has 3 aromatic rings. The number of hydrogen-bond acceptors (Lipinski definition) is 8. The minimum Gasteiger partial charge on any atom is -0.391 e. The molecule has 2 atom stereocenters. The maximum atomic E-state index is 16.2. The first-order valence-corrected chi connectivity index (χ1v) is 18.1. The number of nitrogen functional groups attached to an aromatic ring is 1. The Kier molecular flexibility index (Phi) is 18.5. The third-order valence-corrected chi connectivity index (χ3v) is 9.01. The van der Waals surface area contributed by atoms with Crippen LogP contribution in [-0.4, -0.2) is 34.3 Å². The number of anilines is 2. The lowest BCUT2D eigenvalue weighted by atomic mass is 9.89. The number of aromatic nitrogens is 2. The lowest BCUT2D eigenvalue weighted by Crippen LogP contribution is -2.23. The Morgan fingerprint density at radius 2 is 1.75 bits per heavy atom. The molecule has 7 nitrogen and oxygen atoms in total. The second kappa shape index (κ2) is 20.9. The number of nitrogens with two attached hydrogens (primary N) is 1. The Morgan fingerprint density at radius 3 is 2.23 bits per heavy atom. The third-order valence-electron chi connectivity index (χ3n) is 7.98. The lowest BCUT2D eigenvalue weighted by molar-refractivity contribution is 0.134. The van der Waals surface area contributed by atoms with Crippen LogP contribution in [0.1, 0.15) is 128 Å². The third kappa shape index (κ3) is 9.83. The predicted molar refractivity (Wildman–Crippen MR) is 200 cm³/mol. The summed E-state index contributed by atoms with van der Waals surface area (Å²) in [4.78, 5) is 10.9. The van der Waals surface area contributed by atoms with Crippen molar-refractivity contribution in [1.82, 2.24) is 9.97 Å². The number of nitriles is 1. The van der Waals surface area contributed by atoms with Crippen molar-refractivity contribution >= 4 is 44.6 Å². The molecule has 0 bridgehead atoms. The van der Waals surface area contributed by atoms with Gasteiger partial charge in [0.05, 0.1) is 29.8 Å². The van der Waals surface area contributed by atoms with Gasteiger partial charge in [-0.2, -0.15) is 5.26 Å². The van der Waals surface area contributed by atoms with Crippen molar-refractivity contribution in [3.63, 3.8) is 0 Å². The second-order valence-electron chi connectivity index (χ2n) is 11.6. The highest BCUT2D eigenvalue weighted by molar-refractivity contribution is 7.17. The molecular weight excluding hydrogens is 629 g/mol. The second-order valence-corrected chi connectivity index (χ2v) is 12.6. The molecule has 0 spiro atoms. The average molecular weight is 686 g/mol. The highest BCUT2D eigenvalue weighted by Crippen LogP contribution is 2.45. The smallest absolute Gasteiger partial charge is 0.226 e. The van der Waals surface area contributed by atoms with Gasteiger partial charge in [-0.15, -0.1) is 11.3 Å². The van der Waals surface area contributed by atoms with Crippen LogP contribution >= 0.6 is 11.3 Å². The van der Waals surface area contributed by atoms with Gasteiger partial charge in [0.25, 0.3) is 0 Å². The van der Waals surface area contributed by atoms with Crippen LogP contribution in [0.4, 0.5) is 19.7 Å². The van der Waals surface area contributed by atoms with Gasteiger partial charge < -0.3 is 20.5 Å². The van der Waals surface area contributed by atoms with Gasteiger partial charge in [0, 0.05) is 41.7 Å². The van der Waals surface area contributed by atoms with Crippen molar-refractivity contribution in [3.05, 3.63) is 57.4 Å². The Morgan fingerprint density at radius 1 is 1.17 bits per heavy atom. The summed E-state index contributed by atoms with van der Waals surface area (Å²) in [5, 5.41) is 20.5. The number of allylic oxidation sites excluding steroid dienone is 1. The monoisotopic (exact) mass is 685 g/mol. The fraction of sp³-hybridized carbons (Fsp3) is 0.553. The van der Waals surface area contributed by atoms with Gasteiger partial charge in [-0.05, 0) is 29.5 Å². The molecule has 1 aromatic carbocycles. The molecular formula is C38H57F2N5O2S. The van der Waals surface area contributed by atoms with Gasteiger partial charge >= 0.3 is 0 Å². The van der Waals surface area contributed by atoms with Crippen LogP contribution in [0.2, 0.25) is 0 Å². The molecule has 0 amide bonds. The van der Waals surface area contributed by atoms with Gasteiger partial charge in [0.15, 0.2) is 5.82 Å². The highest BCUT2D eigenvalue weighted by Gasteiger charge is 2.33. The molecule has 3 N–H and O–H groups in total. The number of fused-ring (bicyclic) bond motifs is 3. The van der Waals surface area contributed by atoms with E-state index in [1.54, 1.807) is 6.20 Å². The van der Waals surface area contributed by atoms with E-state index < -0.39 is 17.7 Å². The molecule has 266 valence electrons. The number of nitrogens with zero attached hydrogens (tertiary/aromatic N) is 4. The molecule has 10 heteroatoms. The van der Waals surface area contributed by atoms with Gasteiger partial charge in [0.2, 0.25) is 5.95 Å².